The Kier molecular flexibility index (Phi) is 6.31. The van der Waals surface area contributed by atoms with E-state index in [1.54, 1.807) is 37.7 Å². The number of halogens is 1. The molecule has 1 rings (SSSR count). The zero-order chi connectivity index (χ0) is 14.4. The summed E-state index contributed by atoms with van der Waals surface area (Å²) in [6.45, 7) is 3.82. The third-order valence-electron chi connectivity index (χ3n) is 2.93. The van der Waals surface area contributed by atoms with Gasteiger partial charge < -0.3 is 11.1 Å². The quantitative estimate of drug-likeness (QED) is 0.841. The summed E-state index contributed by atoms with van der Waals surface area (Å²) < 4.78 is 13.5. The molecule has 0 saturated carbocycles. The first-order valence-corrected chi connectivity index (χ1v) is 7.63. The van der Waals surface area contributed by atoms with E-state index in [2.05, 4.69) is 5.32 Å². The Hall–Kier alpha value is -1.07. The Bertz CT molecular complexity index is 428. The summed E-state index contributed by atoms with van der Waals surface area (Å²) in [7, 11) is 0. The predicted molar refractivity (Wildman–Crippen MR) is 78.7 cm³/mol. The Morgan fingerprint density at radius 2 is 2.00 bits per heavy atom. The lowest BCUT2D eigenvalue weighted by atomic mass is 10.1. The molecule has 19 heavy (non-hydrogen) atoms. The molecule has 0 saturated heterocycles. The molecule has 1 atom stereocenters. The number of nitrogens with one attached hydrogen (secondary N) is 1. The normalized spacial score (nSPS) is 12.3. The van der Waals surface area contributed by atoms with Gasteiger partial charge in [0.15, 0.2) is 0 Å². The number of aryl methyl sites for hydroxylation is 2. The van der Waals surface area contributed by atoms with Gasteiger partial charge in [-0.25, -0.2) is 4.39 Å². The lowest BCUT2D eigenvalue weighted by molar-refractivity contribution is -0.122. The molecule has 0 aromatic heterocycles. The van der Waals surface area contributed by atoms with Gasteiger partial charge in [0.05, 0.1) is 6.04 Å². The second-order valence-corrected chi connectivity index (χ2v) is 5.63. The van der Waals surface area contributed by atoms with Crippen molar-refractivity contribution in [3.63, 3.8) is 0 Å². The fourth-order valence-corrected chi connectivity index (χ4v) is 2.32. The largest absolute Gasteiger partial charge is 0.351 e. The molecule has 3 nitrogen and oxygen atoms in total. The summed E-state index contributed by atoms with van der Waals surface area (Å²) in [5, 5.41) is 2.79. The summed E-state index contributed by atoms with van der Waals surface area (Å²) in [6, 6.07) is 3.02. The maximum absolute atomic E-state index is 13.5. The number of thioether (sulfide) groups is 1. The average molecular weight is 284 g/mol. The van der Waals surface area contributed by atoms with Gasteiger partial charge in [-0.3, -0.25) is 4.79 Å². The van der Waals surface area contributed by atoms with Gasteiger partial charge in [0.25, 0.3) is 0 Å². The van der Waals surface area contributed by atoms with Gasteiger partial charge in [-0.05, 0) is 49.0 Å². The fraction of sp³-hybridized carbons (Fsp3) is 0.500. The lowest BCUT2D eigenvalue weighted by Gasteiger charge is -2.12. The molecule has 3 N–H and O–H groups in total. The van der Waals surface area contributed by atoms with Crippen LogP contribution < -0.4 is 11.1 Å². The fourth-order valence-electron chi connectivity index (χ4n) is 1.83. The molecule has 0 radical (unpaired) electrons. The highest BCUT2D eigenvalue weighted by atomic mass is 32.2. The Morgan fingerprint density at radius 1 is 1.42 bits per heavy atom. The molecule has 5 heteroatoms. The number of amides is 1. The standard InChI is InChI=1S/C14H21FN2OS/c1-9-6-11(7-10(2)13(9)15)8-17-14(18)12(16)4-5-19-3/h6-7,12H,4-5,8,16H2,1-3H3,(H,17,18)/t12-/m0/s1. The zero-order valence-corrected chi connectivity index (χ0v) is 12.4. The van der Waals surface area contributed by atoms with Crippen LogP contribution in [0.2, 0.25) is 0 Å². The van der Waals surface area contributed by atoms with Crippen LogP contribution in [0.3, 0.4) is 0 Å². The first kappa shape index (κ1) is 16.0. The molecule has 1 aromatic carbocycles. The summed E-state index contributed by atoms with van der Waals surface area (Å²) in [4.78, 5) is 11.7. The molecule has 106 valence electrons. The van der Waals surface area contributed by atoms with Gasteiger partial charge >= 0.3 is 0 Å². The molecule has 0 aliphatic heterocycles. The molecule has 0 spiro atoms. The van der Waals surface area contributed by atoms with Crippen molar-refractivity contribution in [1.82, 2.24) is 5.32 Å². The molecular weight excluding hydrogens is 263 g/mol. The van der Waals surface area contributed by atoms with Gasteiger partial charge in [0, 0.05) is 6.54 Å². The number of rotatable bonds is 6. The van der Waals surface area contributed by atoms with Gasteiger partial charge in [-0.2, -0.15) is 11.8 Å². The molecule has 0 aliphatic carbocycles. The predicted octanol–water partition coefficient (Wildman–Crippen LogP) is 2.14. The number of nitrogens with two attached hydrogens (primary N) is 1. The van der Waals surface area contributed by atoms with Gasteiger partial charge in [0.1, 0.15) is 5.82 Å². The molecule has 1 amide bonds. The minimum absolute atomic E-state index is 0.159. The second kappa shape index (κ2) is 7.50. The van der Waals surface area contributed by atoms with Crippen LogP contribution in [0.15, 0.2) is 12.1 Å². The highest BCUT2D eigenvalue weighted by molar-refractivity contribution is 7.98. The van der Waals surface area contributed by atoms with Crippen LogP contribution in [-0.2, 0) is 11.3 Å². The summed E-state index contributed by atoms with van der Waals surface area (Å²) in [5.41, 5.74) is 7.84. The van der Waals surface area contributed by atoms with E-state index < -0.39 is 6.04 Å². The highest BCUT2D eigenvalue weighted by Gasteiger charge is 2.12. The van der Waals surface area contributed by atoms with Crippen molar-refractivity contribution in [3.8, 4) is 0 Å². The van der Waals surface area contributed by atoms with Crippen LogP contribution in [0.1, 0.15) is 23.1 Å². The monoisotopic (exact) mass is 284 g/mol. The zero-order valence-electron chi connectivity index (χ0n) is 11.6. The maximum Gasteiger partial charge on any atom is 0.237 e. The van der Waals surface area contributed by atoms with Crippen molar-refractivity contribution >= 4 is 17.7 Å². The van der Waals surface area contributed by atoms with Crippen molar-refractivity contribution in [2.45, 2.75) is 32.9 Å². The summed E-state index contributed by atoms with van der Waals surface area (Å²) in [5.74, 6) is 0.518. The maximum atomic E-state index is 13.5. The van der Waals surface area contributed by atoms with E-state index in [4.69, 9.17) is 5.73 Å². The molecule has 0 aliphatic rings. The first-order chi connectivity index (χ1) is 8.95. The smallest absolute Gasteiger partial charge is 0.237 e. The Balaban J connectivity index is 2.55. The number of hydrogen-bond acceptors (Lipinski definition) is 3. The van der Waals surface area contributed by atoms with E-state index in [0.717, 1.165) is 11.3 Å². The van der Waals surface area contributed by atoms with Crippen molar-refractivity contribution < 1.29 is 9.18 Å². The minimum atomic E-state index is -0.477. The average Bonchev–Trinajstić information content (AvgIpc) is 2.39. The Morgan fingerprint density at radius 3 is 2.53 bits per heavy atom. The highest BCUT2D eigenvalue weighted by Crippen LogP contribution is 2.14. The van der Waals surface area contributed by atoms with Crippen LogP contribution in [-0.4, -0.2) is 24.0 Å². The van der Waals surface area contributed by atoms with Crippen LogP contribution in [0.4, 0.5) is 4.39 Å². The van der Waals surface area contributed by atoms with E-state index >= 15 is 0 Å². The lowest BCUT2D eigenvalue weighted by Crippen LogP contribution is -2.40. The molecule has 0 heterocycles. The molecule has 0 fully saturated rings. The summed E-state index contributed by atoms with van der Waals surface area (Å²) >= 11 is 1.67. The SMILES string of the molecule is CSCC[C@H](N)C(=O)NCc1cc(C)c(F)c(C)c1. The van der Waals surface area contributed by atoms with Gasteiger partial charge in [0.2, 0.25) is 5.91 Å². The van der Waals surface area contributed by atoms with Crippen molar-refractivity contribution in [1.29, 1.82) is 0 Å². The van der Waals surface area contributed by atoms with E-state index in [1.807, 2.05) is 6.26 Å². The van der Waals surface area contributed by atoms with Crippen LogP contribution in [0, 0.1) is 19.7 Å². The van der Waals surface area contributed by atoms with E-state index in [1.165, 1.54) is 0 Å². The summed E-state index contributed by atoms with van der Waals surface area (Å²) in [6.07, 6.45) is 2.64. The third-order valence-corrected chi connectivity index (χ3v) is 3.58. The first-order valence-electron chi connectivity index (χ1n) is 6.23. The number of benzene rings is 1. The minimum Gasteiger partial charge on any atom is -0.351 e. The van der Waals surface area contributed by atoms with E-state index in [-0.39, 0.29) is 11.7 Å². The number of carbonyl (C=O) groups is 1. The molecule has 0 unspecified atom stereocenters. The van der Waals surface area contributed by atoms with Crippen LogP contribution in [0.25, 0.3) is 0 Å². The number of hydrogen-bond donors (Lipinski definition) is 2. The second-order valence-electron chi connectivity index (χ2n) is 4.65. The molecular formula is C14H21FN2OS. The van der Waals surface area contributed by atoms with Crippen molar-refractivity contribution in [2.75, 3.05) is 12.0 Å². The molecule has 1 aromatic rings. The van der Waals surface area contributed by atoms with Crippen molar-refractivity contribution in [2.24, 2.45) is 5.73 Å². The van der Waals surface area contributed by atoms with Crippen LogP contribution in [0.5, 0.6) is 0 Å². The van der Waals surface area contributed by atoms with E-state index in [0.29, 0.717) is 24.1 Å². The van der Waals surface area contributed by atoms with Gasteiger partial charge in [-0.1, -0.05) is 12.1 Å². The van der Waals surface area contributed by atoms with E-state index in [9.17, 15) is 9.18 Å². The Labute approximate surface area is 118 Å². The van der Waals surface area contributed by atoms with Crippen molar-refractivity contribution in [3.05, 3.63) is 34.6 Å². The third kappa shape index (κ3) is 4.84. The topological polar surface area (TPSA) is 55.1 Å². The molecule has 0 bridgehead atoms. The number of carbonyl (C=O) groups excluding carboxylic acids is 1. The van der Waals surface area contributed by atoms with Crippen LogP contribution >= 0.6 is 11.8 Å². The van der Waals surface area contributed by atoms with Gasteiger partial charge in [-0.15, -0.1) is 0 Å².